The van der Waals surface area contributed by atoms with Crippen molar-refractivity contribution in [3.63, 3.8) is 0 Å². The van der Waals surface area contributed by atoms with E-state index in [1.54, 1.807) is 6.07 Å². The Morgan fingerprint density at radius 2 is 2.00 bits per heavy atom. The molecule has 0 saturated heterocycles. The molecule has 1 heterocycles. The summed E-state index contributed by atoms with van der Waals surface area (Å²) in [7, 11) is 1.32. The molecule has 0 unspecified atom stereocenters. The number of aliphatic hydroxyl groups is 1. The highest BCUT2D eigenvalue weighted by atomic mass is 19.4. The number of nitrogens with one attached hydrogen (secondary N) is 1. The normalized spacial score (nSPS) is 20.6. The van der Waals surface area contributed by atoms with E-state index in [2.05, 4.69) is 10.4 Å². The van der Waals surface area contributed by atoms with Gasteiger partial charge in [0.05, 0.1) is 12.8 Å². The van der Waals surface area contributed by atoms with Crippen LogP contribution in [0, 0.1) is 0 Å². The van der Waals surface area contributed by atoms with Gasteiger partial charge < -0.3 is 15.2 Å². The van der Waals surface area contributed by atoms with Crippen LogP contribution in [0.3, 0.4) is 0 Å². The quantitative estimate of drug-likeness (QED) is 0.795. The van der Waals surface area contributed by atoms with E-state index in [1.807, 2.05) is 0 Å². The maximum absolute atomic E-state index is 13.1. The molecule has 10 heteroatoms. The zero-order valence-corrected chi connectivity index (χ0v) is 12.7. The maximum atomic E-state index is 13.1. The maximum Gasteiger partial charge on any atom is 0.438 e. The third-order valence-electron chi connectivity index (χ3n) is 3.32. The van der Waals surface area contributed by atoms with Crippen molar-refractivity contribution in [1.29, 1.82) is 0 Å². The van der Waals surface area contributed by atoms with Crippen LogP contribution in [0.25, 0.3) is 0 Å². The van der Waals surface area contributed by atoms with E-state index in [9.17, 15) is 27.9 Å². The van der Waals surface area contributed by atoms with Gasteiger partial charge in [0.1, 0.15) is 5.75 Å². The number of hydrogen-bond acceptors (Lipinski definition) is 5. The highest BCUT2D eigenvalue weighted by Crippen LogP contribution is 2.40. The topological polar surface area (TPSA) is 91.2 Å². The standard InChI is InChI=1S/C14H14F3N3O4/c1-8-7-13(23,14(15,16)17)20(19-8)12(22)11(21)18-9-5-3-4-6-10(9)24-2/h3-6,23H,7H2,1-2H3,(H,18,21)/t13-/m1/s1. The van der Waals surface area contributed by atoms with Crippen molar-refractivity contribution in [2.45, 2.75) is 25.2 Å². The van der Waals surface area contributed by atoms with E-state index in [1.165, 1.54) is 32.2 Å². The van der Waals surface area contributed by atoms with Crippen LogP contribution in [0.15, 0.2) is 29.4 Å². The van der Waals surface area contributed by atoms with Gasteiger partial charge in [0, 0.05) is 12.1 Å². The third-order valence-corrected chi connectivity index (χ3v) is 3.32. The molecular weight excluding hydrogens is 331 g/mol. The minimum atomic E-state index is -5.17. The number of ether oxygens (including phenoxy) is 1. The molecule has 1 aliphatic heterocycles. The first-order valence-corrected chi connectivity index (χ1v) is 6.72. The lowest BCUT2D eigenvalue weighted by atomic mass is 10.1. The Balaban J connectivity index is 2.25. The first-order chi connectivity index (χ1) is 11.1. The highest BCUT2D eigenvalue weighted by Gasteiger charge is 2.63. The van der Waals surface area contributed by atoms with Crippen LogP contribution in [0.5, 0.6) is 5.75 Å². The van der Waals surface area contributed by atoms with Crippen molar-refractivity contribution in [2.75, 3.05) is 12.4 Å². The second-order valence-corrected chi connectivity index (χ2v) is 5.10. The fourth-order valence-corrected chi connectivity index (χ4v) is 2.17. The Bertz CT molecular complexity index is 705. The van der Waals surface area contributed by atoms with Gasteiger partial charge in [-0.3, -0.25) is 9.59 Å². The highest BCUT2D eigenvalue weighted by molar-refractivity contribution is 6.40. The summed E-state index contributed by atoms with van der Waals surface area (Å²) in [5, 5.41) is 15.1. The molecule has 0 bridgehead atoms. The van der Waals surface area contributed by atoms with E-state index >= 15 is 0 Å². The number of benzene rings is 1. The Hall–Kier alpha value is -2.62. The molecule has 24 heavy (non-hydrogen) atoms. The van der Waals surface area contributed by atoms with Crippen LogP contribution in [-0.4, -0.2) is 46.7 Å². The zero-order chi connectivity index (χ0) is 18.1. The number of hydrazone groups is 1. The predicted molar refractivity (Wildman–Crippen MR) is 77.2 cm³/mol. The zero-order valence-electron chi connectivity index (χ0n) is 12.7. The summed E-state index contributed by atoms with van der Waals surface area (Å²) in [5.74, 6) is -2.82. The van der Waals surface area contributed by atoms with Gasteiger partial charge in [-0.25, -0.2) is 0 Å². The van der Waals surface area contributed by atoms with Crippen molar-refractivity contribution in [1.82, 2.24) is 5.01 Å². The lowest BCUT2D eigenvalue weighted by molar-refractivity contribution is -0.301. The molecule has 1 aromatic carbocycles. The third kappa shape index (κ3) is 3.04. The fraction of sp³-hybridized carbons (Fsp3) is 0.357. The summed E-state index contributed by atoms with van der Waals surface area (Å²) in [6, 6.07) is 6.03. The average molecular weight is 345 g/mol. The number of amides is 2. The summed E-state index contributed by atoms with van der Waals surface area (Å²) >= 11 is 0. The number of halogens is 3. The van der Waals surface area contributed by atoms with Gasteiger partial charge in [0.2, 0.25) is 0 Å². The molecule has 0 radical (unpaired) electrons. The van der Waals surface area contributed by atoms with Gasteiger partial charge >= 0.3 is 18.0 Å². The van der Waals surface area contributed by atoms with Crippen LogP contribution in [0.4, 0.5) is 18.9 Å². The van der Waals surface area contributed by atoms with Gasteiger partial charge in [0.25, 0.3) is 5.72 Å². The summed E-state index contributed by atoms with van der Waals surface area (Å²) in [6.45, 7) is 1.21. The number of carbonyl (C=O) groups is 2. The van der Waals surface area contributed by atoms with Crippen LogP contribution >= 0.6 is 0 Å². The summed E-state index contributed by atoms with van der Waals surface area (Å²) in [5.41, 5.74) is -3.59. The van der Waals surface area contributed by atoms with Crippen LogP contribution < -0.4 is 10.1 Å². The molecule has 0 saturated carbocycles. The van der Waals surface area contributed by atoms with Crippen LogP contribution in [0.1, 0.15) is 13.3 Å². The Morgan fingerprint density at radius 1 is 1.38 bits per heavy atom. The molecule has 7 nitrogen and oxygen atoms in total. The monoisotopic (exact) mass is 345 g/mol. The summed E-state index contributed by atoms with van der Waals surface area (Å²) < 4.78 is 44.2. The first-order valence-electron chi connectivity index (χ1n) is 6.72. The van der Waals surface area contributed by atoms with E-state index in [-0.39, 0.29) is 22.2 Å². The van der Waals surface area contributed by atoms with Crippen molar-refractivity contribution in [3.8, 4) is 5.75 Å². The lowest BCUT2D eigenvalue weighted by Gasteiger charge is -2.32. The second-order valence-electron chi connectivity index (χ2n) is 5.10. The van der Waals surface area contributed by atoms with Gasteiger partial charge in [-0.2, -0.15) is 23.3 Å². The smallest absolute Gasteiger partial charge is 0.438 e. The SMILES string of the molecule is COc1ccccc1NC(=O)C(=O)N1N=C(C)C[C@@]1(O)C(F)(F)F. The molecule has 130 valence electrons. The molecule has 2 N–H and O–H groups in total. The Kier molecular flexibility index (Phi) is 4.52. The number of methoxy groups -OCH3 is 1. The summed E-state index contributed by atoms with van der Waals surface area (Å²) in [4.78, 5) is 24.0. The molecule has 1 atom stereocenters. The lowest BCUT2D eigenvalue weighted by Crippen LogP contribution is -2.58. The molecule has 1 aromatic rings. The van der Waals surface area contributed by atoms with Gasteiger partial charge in [0.15, 0.2) is 0 Å². The molecule has 0 aromatic heterocycles. The Labute approximate surface area is 134 Å². The number of alkyl halides is 3. The van der Waals surface area contributed by atoms with E-state index in [4.69, 9.17) is 4.74 Å². The summed E-state index contributed by atoms with van der Waals surface area (Å²) in [6.07, 6.45) is -6.10. The van der Waals surface area contributed by atoms with Gasteiger partial charge in [-0.05, 0) is 19.1 Å². The molecule has 0 fully saturated rings. The predicted octanol–water partition coefficient (Wildman–Crippen LogP) is 1.49. The largest absolute Gasteiger partial charge is 0.495 e. The van der Waals surface area contributed by atoms with E-state index in [0.717, 1.165) is 0 Å². The minimum Gasteiger partial charge on any atom is -0.495 e. The number of anilines is 1. The van der Waals surface area contributed by atoms with E-state index < -0.39 is 30.1 Å². The fourth-order valence-electron chi connectivity index (χ4n) is 2.17. The minimum absolute atomic E-state index is 0.0915. The number of nitrogens with zero attached hydrogens (tertiary/aromatic N) is 2. The van der Waals surface area contributed by atoms with E-state index in [0.29, 0.717) is 0 Å². The van der Waals surface area contributed by atoms with Gasteiger partial charge in [-0.15, -0.1) is 0 Å². The van der Waals surface area contributed by atoms with Crippen molar-refractivity contribution in [3.05, 3.63) is 24.3 Å². The molecule has 0 aliphatic carbocycles. The van der Waals surface area contributed by atoms with Crippen molar-refractivity contribution in [2.24, 2.45) is 5.10 Å². The van der Waals surface area contributed by atoms with Crippen LogP contribution in [-0.2, 0) is 9.59 Å². The van der Waals surface area contributed by atoms with Crippen molar-refractivity contribution >= 4 is 23.2 Å². The van der Waals surface area contributed by atoms with Crippen molar-refractivity contribution < 1.29 is 32.6 Å². The number of rotatable bonds is 2. The Morgan fingerprint density at radius 3 is 2.58 bits per heavy atom. The molecule has 0 spiro atoms. The first kappa shape index (κ1) is 17.7. The number of carbonyl (C=O) groups excluding carboxylic acids is 2. The molecule has 2 amide bonds. The second kappa shape index (κ2) is 6.11. The molecular formula is C14H14F3N3O4. The van der Waals surface area contributed by atoms with Gasteiger partial charge in [-0.1, -0.05) is 12.1 Å². The average Bonchev–Trinajstić information content (AvgIpc) is 2.82. The number of hydrogen-bond donors (Lipinski definition) is 2. The van der Waals surface area contributed by atoms with Crippen LogP contribution in [0.2, 0.25) is 0 Å². The molecule has 2 rings (SSSR count). The number of para-hydroxylation sites is 2. The molecule has 1 aliphatic rings.